The van der Waals surface area contributed by atoms with Gasteiger partial charge in [-0.15, -0.1) is 0 Å². The SMILES string of the molecule is COC[C@]1(C)C[C@@H]1N. The van der Waals surface area contributed by atoms with Crippen molar-refractivity contribution in [2.45, 2.75) is 19.4 Å². The van der Waals surface area contributed by atoms with Crippen LogP contribution in [-0.2, 0) is 4.74 Å². The van der Waals surface area contributed by atoms with E-state index < -0.39 is 0 Å². The molecule has 2 heteroatoms. The fourth-order valence-electron chi connectivity index (χ4n) is 0.939. The van der Waals surface area contributed by atoms with Gasteiger partial charge in [0, 0.05) is 18.6 Å². The highest BCUT2D eigenvalue weighted by Crippen LogP contribution is 2.43. The molecular formula is C6H13NO. The topological polar surface area (TPSA) is 35.2 Å². The second-order valence-corrected chi connectivity index (χ2v) is 2.90. The molecule has 2 N–H and O–H groups in total. The molecule has 0 amide bonds. The molecule has 1 aliphatic rings. The van der Waals surface area contributed by atoms with E-state index >= 15 is 0 Å². The van der Waals surface area contributed by atoms with Crippen molar-refractivity contribution in [2.24, 2.45) is 11.1 Å². The molecule has 0 heterocycles. The first-order valence-corrected chi connectivity index (χ1v) is 2.93. The Morgan fingerprint density at radius 1 is 1.88 bits per heavy atom. The Hall–Kier alpha value is -0.0800. The third kappa shape index (κ3) is 0.858. The lowest BCUT2D eigenvalue weighted by atomic mass is 10.1. The van der Waals surface area contributed by atoms with E-state index in [1.807, 2.05) is 0 Å². The van der Waals surface area contributed by atoms with Gasteiger partial charge in [-0.3, -0.25) is 0 Å². The minimum Gasteiger partial charge on any atom is -0.384 e. The number of methoxy groups -OCH3 is 1. The standard InChI is InChI=1S/C6H13NO/c1-6(4-8-2)3-5(6)7/h5H,3-4,7H2,1-2H3/t5-,6-/m0/s1. The Morgan fingerprint density at radius 3 is 2.50 bits per heavy atom. The first-order chi connectivity index (χ1) is 3.69. The van der Waals surface area contributed by atoms with Crippen molar-refractivity contribution in [2.75, 3.05) is 13.7 Å². The van der Waals surface area contributed by atoms with Gasteiger partial charge < -0.3 is 10.5 Å². The highest BCUT2D eigenvalue weighted by atomic mass is 16.5. The van der Waals surface area contributed by atoms with Crippen molar-refractivity contribution in [1.29, 1.82) is 0 Å². The van der Waals surface area contributed by atoms with Gasteiger partial charge in [0.05, 0.1) is 6.61 Å². The molecule has 48 valence electrons. The summed E-state index contributed by atoms with van der Waals surface area (Å²) in [5.41, 5.74) is 5.92. The zero-order chi connectivity index (χ0) is 6.20. The second kappa shape index (κ2) is 1.71. The maximum atomic E-state index is 5.61. The van der Waals surface area contributed by atoms with E-state index in [2.05, 4.69) is 6.92 Å². The second-order valence-electron chi connectivity index (χ2n) is 2.90. The van der Waals surface area contributed by atoms with E-state index in [9.17, 15) is 0 Å². The normalized spacial score (nSPS) is 44.6. The van der Waals surface area contributed by atoms with Gasteiger partial charge in [-0.1, -0.05) is 6.92 Å². The van der Waals surface area contributed by atoms with Gasteiger partial charge in [0.2, 0.25) is 0 Å². The quantitative estimate of drug-likeness (QED) is 0.564. The molecule has 0 aliphatic heterocycles. The third-order valence-corrected chi connectivity index (χ3v) is 1.90. The van der Waals surface area contributed by atoms with Gasteiger partial charge in [-0.2, -0.15) is 0 Å². The van der Waals surface area contributed by atoms with Crippen LogP contribution in [0, 0.1) is 5.41 Å². The maximum absolute atomic E-state index is 5.61. The molecule has 0 bridgehead atoms. The summed E-state index contributed by atoms with van der Waals surface area (Å²) in [5.74, 6) is 0. The van der Waals surface area contributed by atoms with Crippen molar-refractivity contribution in [1.82, 2.24) is 0 Å². The Morgan fingerprint density at radius 2 is 2.38 bits per heavy atom. The molecule has 2 atom stereocenters. The molecule has 1 saturated carbocycles. The van der Waals surface area contributed by atoms with Crippen LogP contribution in [0.15, 0.2) is 0 Å². The zero-order valence-electron chi connectivity index (χ0n) is 5.48. The zero-order valence-corrected chi connectivity index (χ0v) is 5.48. The summed E-state index contributed by atoms with van der Waals surface area (Å²) in [4.78, 5) is 0. The Kier molecular flexibility index (Phi) is 1.29. The van der Waals surface area contributed by atoms with Crippen LogP contribution >= 0.6 is 0 Å². The molecule has 0 radical (unpaired) electrons. The maximum Gasteiger partial charge on any atom is 0.0531 e. The van der Waals surface area contributed by atoms with E-state index in [4.69, 9.17) is 10.5 Å². The van der Waals surface area contributed by atoms with Gasteiger partial charge in [-0.25, -0.2) is 0 Å². The fourth-order valence-corrected chi connectivity index (χ4v) is 0.939. The van der Waals surface area contributed by atoms with Gasteiger partial charge >= 0.3 is 0 Å². The van der Waals surface area contributed by atoms with Crippen LogP contribution in [0.4, 0.5) is 0 Å². The number of rotatable bonds is 2. The summed E-state index contributed by atoms with van der Waals surface area (Å²) >= 11 is 0. The molecule has 2 nitrogen and oxygen atoms in total. The molecule has 1 rings (SSSR count). The monoisotopic (exact) mass is 115 g/mol. The number of hydrogen-bond acceptors (Lipinski definition) is 2. The van der Waals surface area contributed by atoms with Crippen LogP contribution in [0.1, 0.15) is 13.3 Å². The molecular weight excluding hydrogens is 102 g/mol. The molecule has 0 aromatic heterocycles. The number of ether oxygens (including phenoxy) is 1. The largest absolute Gasteiger partial charge is 0.384 e. The lowest BCUT2D eigenvalue weighted by Gasteiger charge is -2.05. The summed E-state index contributed by atoms with van der Waals surface area (Å²) in [6, 6.07) is 0.391. The summed E-state index contributed by atoms with van der Waals surface area (Å²) in [6.07, 6.45) is 1.13. The summed E-state index contributed by atoms with van der Waals surface area (Å²) in [6.45, 7) is 2.97. The average Bonchev–Trinajstić information content (AvgIpc) is 2.16. The third-order valence-electron chi connectivity index (χ3n) is 1.90. The predicted molar refractivity (Wildman–Crippen MR) is 32.6 cm³/mol. The number of nitrogens with two attached hydrogens (primary N) is 1. The first-order valence-electron chi connectivity index (χ1n) is 2.93. The molecule has 0 spiro atoms. The van der Waals surface area contributed by atoms with Crippen molar-refractivity contribution in [3.63, 3.8) is 0 Å². The highest BCUT2D eigenvalue weighted by molar-refractivity contribution is 5.02. The van der Waals surface area contributed by atoms with Crippen LogP contribution < -0.4 is 5.73 Å². The summed E-state index contributed by atoms with van der Waals surface area (Å²) < 4.78 is 4.96. The van der Waals surface area contributed by atoms with Crippen LogP contribution in [0.2, 0.25) is 0 Å². The van der Waals surface area contributed by atoms with Crippen molar-refractivity contribution in [3.8, 4) is 0 Å². The van der Waals surface area contributed by atoms with Crippen LogP contribution in [0.25, 0.3) is 0 Å². The van der Waals surface area contributed by atoms with E-state index in [1.165, 1.54) is 0 Å². The average molecular weight is 115 g/mol. The molecule has 1 aliphatic carbocycles. The lowest BCUT2D eigenvalue weighted by Crippen LogP contribution is -2.15. The Labute approximate surface area is 50.0 Å². The molecule has 0 aromatic carbocycles. The Bertz CT molecular complexity index is 94.5. The molecule has 0 unspecified atom stereocenters. The van der Waals surface area contributed by atoms with Crippen molar-refractivity contribution >= 4 is 0 Å². The number of hydrogen-bond donors (Lipinski definition) is 1. The smallest absolute Gasteiger partial charge is 0.0531 e. The molecule has 8 heavy (non-hydrogen) atoms. The van der Waals surface area contributed by atoms with Gasteiger partial charge in [0.25, 0.3) is 0 Å². The van der Waals surface area contributed by atoms with Crippen LogP contribution in [0.5, 0.6) is 0 Å². The molecule has 0 aromatic rings. The van der Waals surface area contributed by atoms with Crippen LogP contribution in [-0.4, -0.2) is 19.8 Å². The van der Waals surface area contributed by atoms with Crippen LogP contribution in [0.3, 0.4) is 0 Å². The minimum atomic E-state index is 0.314. The first kappa shape index (κ1) is 6.05. The molecule has 1 fully saturated rings. The summed E-state index contributed by atoms with van der Waals surface area (Å²) in [5, 5.41) is 0. The van der Waals surface area contributed by atoms with Crippen molar-refractivity contribution < 1.29 is 4.74 Å². The van der Waals surface area contributed by atoms with E-state index in [-0.39, 0.29) is 0 Å². The lowest BCUT2D eigenvalue weighted by molar-refractivity contribution is 0.147. The Balaban J connectivity index is 2.25. The van der Waals surface area contributed by atoms with Crippen molar-refractivity contribution in [3.05, 3.63) is 0 Å². The van der Waals surface area contributed by atoms with E-state index in [0.29, 0.717) is 11.5 Å². The van der Waals surface area contributed by atoms with Gasteiger partial charge in [0.1, 0.15) is 0 Å². The highest BCUT2D eigenvalue weighted by Gasteiger charge is 2.47. The minimum absolute atomic E-state index is 0.314. The summed E-state index contributed by atoms with van der Waals surface area (Å²) in [7, 11) is 1.72. The fraction of sp³-hybridized carbons (Fsp3) is 1.00. The van der Waals surface area contributed by atoms with Gasteiger partial charge in [-0.05, 0) is 6.42 Å². The predicted octanol–water partition coefficient (Wildman–Crippen LogP) is 0.370. The van der Waals surface area contributed by atoms with E-state index in [0.717, 1.165) is 13.0 Å². The van der Waals surface area contributed by atoms with E-state index in [1.54, 1.807) is 7.11 Å². The van der Waals surface area contributed by atoms with Gasteiger partial charge in [0.15, 0.2) is 0 Å². The molecule has 0 saturated heterocycles.